The molecule has 0 nitrogen and oxygen atoms in total. The number of hydrogen-bond acceptors (Lipinski definition) is 0. The summed E-state index contributed by atoms with van der Waals surface area (Å²) in [7, 11) is -0.0105. The van der Waals surface area contributed by atoms with Gasteiger partial charge in [0.05, 0.1) is 0 Å². The minimum atomic E-state index is -0.0105. The van der Waals surface area contributed by atoms with Crippen molar-refractivity contribution < 1.29 is 0 Å². The zero-order valence-electron chi connectivity index (χ0n) is 4.49. The first kappa shape index (κ1) is 6.22. The third-order valence-electron chi connectivity index (χ3n) is 0.644. The van der Waals surface area contributed by atoms with Crippen LogP contribution >= 0.6 is 0 Å². The van der Waals surface area contributed by atoms with Crippen molar-refractivity contribution in [1.29, 1.82) is 0 Å². The van der Waals surface area contributed by atoms with Crippen LogP contribution in [-0.4, -0.2) is 8.80 Å². The third-order valence-corrected chi connectivity index (χ3v) is 1.93. The maximum Gasteiger partial charge on any atom is 0.0413 e. The van der Waals surface area contributed by atoms with Crippen molar-refractivity contribution in [2.45, 2.75) is 25.6 Å². The van der Waals surface area contributed by atoms with Crippen LogP contribution in [0.5, 0.6) is 0 Å². The van der Waals surface area contributed by atoms with Crippen LogP contribution in [-0.2, 0) is 0 Å². The van der Waals surface area contributed by atoms with E-state index in [1.807, 2.05) is 0 Å². The Bertz CT molecular complexity index is 25.1. The maximum atomic E-state index is 5.25. The molecule has 35 valence electrons. The summed E-state index contributed by atoms with van der Waals surface area (Å²) in [6.07, 6.45) is 0.876. The molecule has 0 aliphatic heterocycles. The highest BCUT2D eigenvalue weighted by molar-refractivity contribution is 6.55. The molecule has 1 heteroatoms. The second kappa shape index (κ2) is 3.41. The van der Waals surface area contributed by atoms with Crippen LogP contribution in [0.25, 0.3) is 0 Å². The lowest BCUT2D eigenvalue weighted by Crippen LogP contribution is -1.95. The Kier molecular flexibility index (Phi) is 3.53. The van der Waals surface area contributed by atoms with Crippen molar-refractivity contribution in [3.8, 4) is 0 Å². The van der Waals surface area contributed by atoms with Crippen molar-refractivity contribution in [3.63, 3.8) is 0 Å². The number of rotatable bonds is 2. The van der Waals surface area contributed by atoms with Crippen molar-refractivity contribution in [2.75, 3.05) is 0 Å². The Morgan fingerprint density at radius 1 is 1.50 bits per heavy atom. The van der Waals surface area contributed by atoms with Gasteiger partial charge in [-0.25, -0.2) is 0 Å². The van der Waals surface area contributed by atoms with Gasteiger partial charge in [-0.2, -0.15) is 0 Å². The molecular weight excluding hydrogens is 88.1 g/mol. The average Bonchev–Trinajstić information content (AvgIpc) is 1.35. The van der Waals surface area contributed by atoms with E-state index < -0.39 is 0 Å². The second-order valence-electron chi connectivity index (χ2n) is 1.75. The average molecular weight is 99.2 g/mol. The van der Waals surface area contributed by atoms with E-state index in [-0.39, 0.29) is 8.80 Å². The molecule has 0 saturated carbocycles. The lowest BCUT2D eigenvalue weighted by molar-refractivity contribution is 1.18. The lowest BCUT2D eigenvalue weighted by Gasteiger charge is -1.93. The molecule has 0 aliphatic carbocycles. The first-order valence-electron chi connectivity index (χ1n) is 2.26. The van der Waals surface area contributed by atoms with Crippen LogP contribution in [0.1, 0.15) is 6.42 Å². The summed E-state index contributed by atoms with van der Waals surface area (Å²) in [5.41, 5.74) is 0. The molecule has 0 rings (SSSR count). The van der Waals surface area contributed by atoms with E-state index >= 15 is 0 Å². The van der Waals surface area contributed by atoms with Gasteiger partial charge in [0.25, 0.3) is 0 Å². The molecule has 3 radical (unpaired) electrons. The summed E-state index contributed by atoms with van der Waals surface area (Å²) < 4.78 is 0. The van der Waals surface area contributed by atoms with Gasteiger partial charge >= 0.3 is 0 Å². The summed E-state index contributed by atoms with van der Waals surface area (Å²) in [4.78, 5) is 0. The Balaban J connectivity index is 2.63. The van der Waals surface area contributed by atoms with Crippen molar-refractivity contribution in [1.82, 2.24) is 0 Å². The Labute approximate surface area is 42.2 Å². The van der Waals surface area contributed by atoms with Gasteiger partial charge in [0.15, 0.2) is 0 Å². The van der Waals surface area contributed by atoms with Crippen molar-refractivity contribution in [3.05, 3.63) is 6.92 Å². The van der Waals surface area contributed by atoms with E-state index in [0.29, 0.717) is 0 Å². The largest absolute Gasteiger partial charge is 0.0713 e. The SMILES string of the molecule is [CH]CC[Si](C)C. The lowest BCUT2D eigenvalue weighted by atomic mass is 10.6. The fraction of sp³-hybridized carbons (Fsp3) is 0.800. The van der Waals surface area contributed by atoms with E-state index in [9.17, 15) is 0 Å². The maximum absolute atomic E-state index is 5.25. The highest BCUT2D eigenvalue weighted by atomic mass is 28.3. The van der Waals surface area contributed by atoms with Crippen molar-refractivity contribution in [2.24, 2.45) is 0 Å². The normalized spacial score (nSPS) is 10.0. The molecule has 0 saturated heterocycles. The van der Waals surface area contributed by atoms with Gasteiger partial charge in [0.2, 0.25) is 0 Å². The topological polar surface area (TPSA) is 0 Å². The molecule has 0 aromatic carbocycles. The monoisotopic (exact) mass is 99.1 g/mol. The van der Waals surface area contributed by atoms with E-state index in [4.69, 9.17) is 6.92 Å². The summed E-state index contributed by atoms with van der Waals surface area (Å²) in [5.74, 6) is 0. The fourth-order valence-corrected chi connectivity index (χ4v) is 0.866. The molecule has 0 atom stereocenters. The molecule has 0 amide bonds. The van der Waals surface area contributed by atoms with Gasteiger partial charge in [0.1, 0.15) is 0 Å². The minimum absolute atomic E-state index is 0.0105. The zero-order valence-corrected chi connectivity index (χ0v) is 5.49. The van der Waals surface area contributed by atoms with Crippen LogP contribution in [0.2, 0.25) is 19.1 Å². The van der Waals surface area contributed by atoms with Crippen LogP contribution in [0.4, 0.5) is 0 Å². The predicted molar refractivity (Wildman–Crippen MR) is 31.2 cm³/mol. The van der Waals surface area contributed by atoms with Gasteiger partial charge in [0, 0.05) is 8.80 Å². The summed E-state index contributed by atoms with van der Waals surface area (Å²) in [5, 5.41) is 0. The Morgan fingerprint density at radius 2 is 2.00 bits per heavy atom. The van der Waals surface area contributed by atoms with E-state index in [0.717, 1.165) is 6.42 Å². The molecular formula is C5H11Si. The number of hydrogen-bond donors (Lipinski definition) is 0. The van der Waals surface area contributed by atoms with Gasteiger partial charge in [-0.1, -0.05) is 25.6 Å². The molecule has 0 N–H and O–H groups in total. The fourth-order valence-electron chi connectivity index (χ4n) is 0.289. The summed E-state index contributed by atoms with van der Waals surface area (Å²) in [6, 6.07) is 1.25. The Hall–Kier alpha value is 0.217. The second-order valence-corrected chi connectivity index (χ2v) is 4.66. The molecule has 0 fully saturated rings. The molecule has 0 aromatic rings. The first-order chi connectivity index (χ1) is 2.77. The predicted octanol–water partition coefficient (Wildman–Crippen LogP) is 1.84. The summed E-state index contributed by atoms with van der Waals surface area (Å²) >= 11 is 0. The molecule has 0 aliphatic rings. The van der Waals surface area contributed by atoms with Gasteiger partial charge in [-0.05, 0) is 6.92 Å². The highest BCUT2D eigenvalue weighted by Crippen LogP contribution is 1.92. The van der Waals surface area contributed by atoms with Gasteiger partial charge in [-0.3, -0.25) is 0 Å². The minimum Gasteiger partial charge on any atom is -0.0713 e. The van der Waals surface area contributed by atoms with Crippen molar-refractivity contribution >= 4 is 8.80 Å². The van der Waals surface area contributed by atoms with Crippen LogP contribution in [0.15, 0.2) is 0 Å². The van der Waals surface area contributed by atoms with Crippen LogP contribution < -0.4 is 0 Å². The molecule has 6 heavy (non-hydrogen) atoms. The van der Waals surface area contributed by atoms with E-state index in [1.54, 1.807) is 0 Å². The zero-order chi connectivity index (χ0) is 4.99. The Morgan fingerprint density at radius 3 is 2.00 bits per heavy atom. The van der Waals surface area contributed by atoms with Crippen LogP contribution in [0, 0.1) is 6.92 Å². The highest BCUT2D eigenvalue weighted by Gasteiger charge is 1.88. The standard InChI is InChI=1S/C5H11Si/c1-4-5-6(2)3/h1H,4-5H2,2-3H3. The molecule has 0 aromatic heterocycles. The van der Waals surface area contributed by atoms with Crippen LogP contribution in [0.3, 0.4) is 0 Å². The molecule has 0 unspecified atom stereocenters. The summed E-state index contributed by atoms with van der Waals surface area (Å²) in [6.45, 7) is 9.81. The van der Waals surface area contributed by atoms with Gasteiger partial charge < -0.3 is 0 Å². The molecule has 0 heterocycles. The van der Waals surface area contributed by atoms with Gasteiger partial charge in [-0.15, -0.1) is 0 Å². The smallest absolute Gasteiger partial charge is 0.0413 e. The molecule has 0 bridgehead atoms. The first-order valence-corrected chi connectivity index (χ1v) is 4.97. The third kappa shape index (κ3) is 4.22. The molecule has 0 spiro atoms. The van der Waals surface area contributed by atoms with E-state index in [2.05, 4.69) is 13.1 Å². The quantitative estimate of drug-likeness (QED) is 0.463. The van der Waals surface area contributed by atoms with E-state index in [1.165, 1.54) is 6.04 Å².